The van der Waals surface area contributed by atoms with E-state index in [9.17, 15) is 8.42 Å². The third-order valence-corrected chi connectivity index (χ3v) is 4.22. The number of sulfonamides is 1. The molecule has 98 valence electrons. The van der Waals surface area contributed by atoms with Crippen molar-refractivity contribution in [3.05, 3.63) is 24.2 Å². The summed E-state index contributed by atoms with van der Waals surface area (Å²) in [6.07, 6.45) is 4.10. The van der Waals surface area contributed by atoms with Crippen LogP contribution in [0.5, 0.6) is 0 Å². The van der Waals surface area contributed by atoms with E-state index in [2.05, 4.69) is 5.32 Å². The summed E-state index contributed by atoms with van der Waals surface area (Å²) in [7, 11) is -1.60. The average Bonchev–Trinajstić information content (AvgIpc) is 2.77. The van der Waals surface area contributed by atoms with Crippen molar-refractivity contribution < 1.29 is 12.8 Å². The number of nitrogens with zero attached hydrogens (tertiary/aromatic N) is 1. The predicted octanol–water partition coefficient (Wildman–Crippen LogP) is 1.04. The fourth-order valence-electron chi connectivity index (χ4n) is 1.40. The predicted molar refractivity (Wildman–Crippen MR) is 67.1 cm³/mol. The second-order valence-electron chi connectivity index (χ2n) is 3.95. The van der Waals surface area contributed by atoms with Crippen LogP contribution < -0.4 is 5.32 Å². The average molecular weight is 260 g/mol. The van der Waals surface area contributed by atoms with Crippen LogP contribution in [0, 0.1) is 0 Å². The van der Waals surface area contributed by atoms with E-state index in [1.165, 1.54) is 4.31 Å². The molecule has 0 unspecified atom stereocenters. The maximum absolute atomic E-state index is 11.9. The van der Waals surface area contributed by atoms with Crippen molar-refractivity contribution in [2.75, 3.05) is 25.9 Å². The Morgan fingerprint density at radius 3 is 2.76 bits per heavy atom. The first-order valence-electron chi connectivity index (χ1n) is 5.72. The van der Waals surface area contributed by atoms with E-state index in [4.69, 9.17) is 4.42 Å². The van der Waals surface area contributed by atoms with E-state index in [1.807, 2.05) is 6.92 Å². The molecule has 0 saturated heterocycles. The lowest BCUT2D eigenvalue weighted by Gasteiger charge is -2.16. The van der Waals surface area contributed by atoms with Crippen molar-refractivity contribution in [1.29, 1.82) is 0 Å². The number of nitrogens with one attached hydrogen (secondary N) is 1. The number of rotatable bonds is 8. The van der Waals surface area contributed by atoms with Gasteiger partial charge in [0.2, 0.25) is 10.0 Å². The van der Waals surface area contributed by atoms with E-state index in [0.29, 0.717) is 13.1 Å². The SMILES string of the molecule is CCCNCCS(=O)(=O)N(C)Cc1ccoc1. The maximum Gasteiger partial charge on any atom is 0.215 e. The molecule has 1 N–H and O–H groups in total. The Hall–Kier alpha value is -0.850. The van der Waals surface area contributed by atoms with Crippen LogP contribution in [0.3, 0.4) is 0 Å². The fraction of sp³-hybridized carbons (Fsp3) is 0.636. The smallest absolute Gasteiger partial charge is 0.215 e. The summed E-state index contributed by atoms with van der Waals surface area (Å²) in [6.45, 7) is 3.74. The zero-order valence-corrected chi connectivity index (χ0v) is 11.2. The van der Waals surface area contributed by atoms with E-state index in [1.54, 1.807) is 25.6 Å². The first-order valence-corrected chi connectivity index (χ1v) is 7.33. The van der Waals surface area contributed by atoms with Crippen LogP contribution in [0.25, 0.3) is 0 Å². The van der Waals surface area contributed by atoms with Gasteiger partial charge in [-0.1, -0.05) is 6.92 Å². The molecule has 6 heteroatoms. The van der Waals surface area contributed by atoms with E-state index in [-0.39, 0.29) is 5.75 Å². The quantitative estimate of drug-likeness (QED) is 0.709. The number of furan rings is 1. The molecule has 1 heterocycles. The molecule has 0 spiro atoms. The largest absolute Gasteiger partial charge is 0.472 e. The van der Waals surface area contributed by atoms with Gasteiger partial charge < -0.3 is 9.73 Å². The second kappa shape index (κ2) is 6.78. The molecule has 1 rings (SSSR count). The molecule has 0 aliphatic rings. The third-order valence-electron chi connectivity index (χ3n) is 2.42. The Morgan fingerprint density at radius 1 is 1.41 bits per heavy atom. The highest BCUT2D eigenvalue weighted by molar-refractivity contribution is 7.89. The van der Waals surface area contributed by atoms with Crippen LogP contribution in [0.2, 0.25) is 0 Å². The van der Waals surface area contributed by atoms with Crippen LogP contribution in [0.4, 0.5) is 0 Å². The van der Waals surface area contributed by atoms with Gasteiger partial charge in [-0.25, -0.2) is 12.7 Å². The first-order chi connectivity index (χ1) is 8.06. The van der Waals surface area contributed by atoms with Crippen molar-refractivity contribution in [2.45, 2.75) is 19.9 Å². The maximum atomic E-state index is 11.9. The number of hydrogen-bond acceptors (Lipinski definition) is 4. The molecule has 0 saturated carbocycles. The highest BCUT2D eigenvalue weighted by atomic mass is 32.2. The molecule has 0 aliphatic carbocycles. The van der Waals surface area contributed by atoms with Gasteiger partial charge in [-0.05, 0) is 19.0 Å². The molecule has 5 nitrogen and oxygen atoms in total. The van der Waals surface area contributed by atoms with Crippen LogP contribution in [0.15, 0.2) is 23.0 Å². The monoisotopic (exact) mass is 260 g/mol. The van der Waals surface area contributed by atoms with Gasteiger partial charge in [-0.2, -0.15) is 0 Å². The van der Waals surface area contributed by atoms with E-state index >= 15 is 0 Å². The van der Waals surface area contributed by atoms with Gasteiger partial charge in [0.25, 0.3) is 0 Å². The van der Waals surface area contributed by atoms with E-state index < -0.39 is 10.0 Å². The minimum atomic E-state index is -3.19. The molecule has 1 aromatic rings. The summed E-state index contributed by atoms with van der Waals surface area (Å²) in [5.41, 5.74) is 0.859. The number of hydrogen-bond donors (Lipinski definition) is 1. The molecule has 0 atom stereocenters. The molecule has 17 heavy (non-hydrogen) atoms. The highest BCUT2D eigenvalue weighted by Gasteiger charge is 2.17. The Bertz CT molecular complexity index is 400. The standard InChI is InChI=1S/C11H20N2O3S/c1-3-5-12-6-8-17(14,15)13(2)9-11-4-7-16-10-11/h4,7,10,12H,3,5-6,8-9H2,1-2H3. The second-order valence-corrected chi connectivity index (χ2v) is 6.15. The highest BCUT2D eigenvalue weighted by Crippen LogP contribution is 2.07. The Kier molecular flexibility index (Phi) is 5.67. The molecular formula is C11H20N2O3S. The van der Waals surface area contributed by atoms with Gasteiger partial charge in [0.15, 0.2) is 0 Å². The lowest BCUT2D eigenvalue weighted by molar-refractivity contribution is 0.461. The molecule has 0 fully saturated rings. The van der Waals surface area contributed by atoms with Gasteiger partial charge in [0, 0.05) is 25.7 Å². The summed E-state index contributed by atoms with van der Waals surface area (Å²) >= 11 is 0. The van der Waals surface area contributed by atoms with Gasteiger partial charge in [-0.3, -0.25) is 0 Å². The minimum Gasteiger partial charge on any atom is -0.472 e. The Balaban J connectivity index is 2.41. The van der Waals surface area contributed by atoms with Crippen LogP contribution in [0.1, 0.15) is 18.9 Å². The third kappa shape index (κ3) is 4.89. The summed E-state index contributed by atoms with van der Waals surface area (Å²) in [5, 5.41) is 3.08. The summed E-state index contributed by atoms with van der Waals surface area (Å²) in [5.74, 6) is 0.126. The normalized spacial score (nSPS) is 12.2. The van der Waals surface area contributed by atoms with Crippen LogP contribution in [-0.4, -0.2) is 38.6 Å². The minimum absolute atomic E-state index is 0.126. The molecule has 0 amide bonds. The van der Waals surface area contributed by atoms with Crippen molar-refractivity contribution in [3.8, 4) is 0 Å². The molecule has 0 aromatic carbocycles. The van der Waals surface area contributed by atoms with Gasteiger partial charge in [0.05, 0.1) is 18.3 Å². The van der Waals surface area contributed by atoms with Crippen LogP contribution >= 0.6 is 0 Å². The van der Waals surface area contributed by atoms with Gasteiger partial charge >= 0.3 is 0 Å². The van der Waals surface area contributed by atoms with Crippen molar-refractivity contribution in [2.24, 2.45) is 0 Å². The zero-order valence-electron chi connectivity index (χ0n) is 10.3. The molecule has 0 radical (unpaired) electrons. The fourth-order valence-corrected chi connectivity index (χ4v) is 2.46. The zero-order chi connectivity index (χ0) is 12.7. The Morgan fingerprint density at radius 2 is 2.18 bits per heavy atom. The Labute approximate surface area is 103 Å². The summed E-state index contributed by atoms with van der Waals surface area (Å²) in [6, 6.07) is 1.77. The first kappa shape index (κ1) is 14.2. The van der Waals surface area contributed by atoms with Crippen molar-refractivity contribution in [1.82, 2.24) is 9.62 Å². The van der Waals surface area contributed by atoms with E-state index in [0.717, 1.165) is 18.5 Å². The van der Waals surface area contributed by atoms with Gasteiger partial charge in [0.1, 0.15) is 0 Å². The summed E-state index contributed by atoms with van der Waals surface area (Å²) in [4.78, 5) is 0. The molecule has 1 aromatic heterocycles. The lowest BCUT2D eigenvalue weighted by atomic mass is 10.3. The molecular weight excluding hydrogens is 240 g/mol. The lowest BCUT2D eigenvalue weighted by Crippen LogP contribution is -2.33. The van der Waals surface area contributed by atoms with Crippen molar-refractivity contribution >= 4 is 10.0 Å². The topological polar surface area (TPSA) is 62.6 Å². The molecule has 0 bridgehead atoms. The summed E-state index contributed by atoms with van der Waals surface area (Å²) < 4.78 is 30.0. The molecule has 0 aliphatic heterocycles. The van der Waals surface area contributed by atoms with Crippen LogP contribution in [-0.2, 0) is 16.6 Å². The van der Waals surface area contributed by atoms with Crippen molar-refractivity contribution in [3.63, 3.8) is 0 Å². The van der Waals surface area contributed by atoms with Gasteiger partial charge in [-0.15, -0.1) is 0 Å².